The van der Waals surface area contributed by atoms with Crippen LogP contribution in [-0.2, 0) is 11.3 Å². The summed E-state index contributed by atoms with van der Waals surface area (Å²) in [4.78, 5) is 35.1. The smallest absolute Gasteiger partial charge is 0.263 e. The SMILES string of the molecule is CC1CN(Cc2ccccn2)CCC1NC(=O)C1CCCN(C(=O)c2cccs2)C1. The number of amides is 2. The normalized spacial score (nSPS) is 25.1. The first-order valence-electron chi connectivity index (χ1n) is 10.9. The van der Waals surface area contributed by atoms with Crippen LogP contribution in [0.4, 0.5) is 0 Å². The summed E-state index contributed by atoms with van der Waals surface area (Å²) >= 11 is 1.46. The number of hydrogen-bond acceptors (Lipinski definition) is 5. The lowest BCUT2D eigenvalue weighted by Crippen LogP contribution is -2.53. The van der Waals surface area contributed by atoms with E-state index in [4.69, 9.17) is 0 Å². The van der Waals surface area contributed by atoms with Gasteiger partial charge in [0.2, 0.25) is 5.91 Å². The zero-order valence-electron chi connectivity index (χ0n) is 17.5. The minimum atomic E-state index is -0.110. The van der Waals surface area contributed by atoms with E-state index in [-0.39, 0.29) is 23.8 Å². The second-order valence-electron chi connectivity index (χ2n) is 8.50. The van der Waals surface area contributed by atoms with Gasteiger partial charge in [-0.2, -0.15) is 0 Å². The molecule has 0 aromatic carbocycles. The number of nitrogens with zero attached hydrogens (tertiary/aromatic N) is 3. The summed E-state index contributed by atoms with van der Waals surface area (Å²) < 4.78 is 0. The van der Waals surface area contributed by atoms with Gasteiger partial charge < -0.3 is 10.2 Å². The number of piperidine rings is 2. The van der Waals surface area contributed by atoms with Gasteiger partial charge in [0.05, 0.1) is 16.5 Å². The summed E-state index contributed by atoms with van der Waals surface area (Å²) in [5, 5.41) is 5.22. The van der Waals surface area contributed by atoms with Gasteiger partial charge >= 0.3 is 0 Å². The summed E-state index contributed by atoms with van der Waals surface area (Å²) in [5.41, 5.74) is 1.09. The predicted octanol–water partition coefficient (Wildman–Crippen LogP) is 3.02. The van der Waals surface area contributed by atoms with Crippen LogP contribution in [0.25, 0.3) is 0 Å². The lowest BCUT2D eigenvalue weighted by atomic mass is 9.91. The molecule has 160 valence electrons. The first-order chi connectivity index (χ1) is 14.6. The van der Waals surface area contributed by atoms with Crippen LogP contribution in [0, 0.1) is 11.8 Å². The average Bonchev–Trinajstić information content (AvgIpc) is 3.31. The van der Waals surface area contributed by atoms with Crippen LogP contribution >= 0.6 is 11.3 Å². The van der Waals surface area contributed by atoms with E-state index in [1.165, 1.54) is 11.3 Å². The van der Waals surface area contributed by atoms with Crippen LogP contribution in [0.15, 0.2) is 41.9 Å². The molecule has 2 amide bonds. The van der Waals surface area contributed by atoms with Crippen molar-refractivity contribution >= 4 is 23.2 Å². The number of hydrogen-bond donors (Lipinski definition) is 1. The highest BCUT2D eigenvalue weighted by Gasteiger charge is 2.33. The van der Waals surface area contributed by atoms with E-state index in [1.807, 2.05) is 40.7 Å². The highest BCUT2D eigenvalue weighted by Crippen LogP contribution is 2.23. The Morgan fingerprint density at radius 3 is 2.80 bits per heavy atom. The summed E-state index contributed by atoms with van der Waals surface area (Å²) in [6.07, 6.45) is 4.52. The van der Waals surface area contributed by atoms with Crippen LogP contribution in [0.5, 0.6) is 0 Å². The highest BCUT2D eigenvalue weighted by atomic mass is 32.1. The predicted molar refractivity (Wildman–Crippen MR) is 118 cm³/mol. The third-order valence-corrected chi connectivity index (χ3v) is 7.10. The fraction of sp³-hybridized carbons (Fsp3) is 0.522. The summed E-state index contributed by atoms with van der Waals surface area (Å²) in [5.74, 6) is 0.438. The van der Waals surface area contributed by atoms with Crippen molar-refractivity contribution in [1.29, 1.82) is 0 Å². The Hall–Kier alpha value is -2.25. The van der Waals surface area contributed by atoms with Gasteiger partial charge in [-0.25, -0.2) is 0 Å². The summed E-state index contributed by atoms with van der Waals surface area (Å²) in [6.45, 7) is 6.24. The van der Waals surface area contributed by atoms with E-state index in [0.717, 1.165) is 56.0 Å². The van der Waals surface area contributed by atoms with Crippen molar-refractivity contribution in [2.75, 3.05) is 26.2 Å². The molecule has 6 nitrogen and oxygen atoms in total. The van der Waals surface area contributed by atoms with Crippen LogP contribution in [0.1, 0.15) is 41.6 Å². The first kappa shape index (κ1) is 21.0. The molecular formula is C23H30N4O2S. The largest absolute Gasteiger partial charge is 0.353 e. The fourth-order valence-electron chi connectivity index (χ4n) is 4.54. The molecule has 2 aliphatic heterocycles. The number of carbonyl (C=O) groups is 2. The van der Waals surface area contributed by atoms with Gasteiger partial charge in [0.15, 0.2) is 0 Å². The average molecular weight is 427 g/mol. The van der Waals surface area contributed by atoms with Gasteiger partial charge in [-0.1, -0.05) is 19.1 Å². The Balaban J connectivity index is 1.28. The highest BCUT2D eigenvalue weighted by molar-refractivity contribution is 7.12. The molecule has 4 rings (SSSR count). The van der Waals surface area contributed by atoms with Gasteiger partial charge in [0.25, 0.3) is 5.91 Å². The molecule has 0 spiro atoms. The van der Waals surface area contributed by atoms with Crippen molar-refractivity contribution in [3.8, 4) is 0 Å². The van der Waals surface area contributed by atoms with Crippen molar-refractivity contribution in [2.24, 2.45) is 11.8 Å². The van der Waals surface area contributed by atoms with E-state index in [0.29, 0.717) is 12.5 Å². The van der Waals surface area contributed by atoms with Crippen LogP contribution in [0.3, 0.4) is 0 Å². The van der Waals surface area contributed by atoms with Gasteiger partial charge in [-0.3, -0.25) is 19.5 Å². The topological polar surface area (TPSA) is 65.5 Å². The second-order valence-corrected chi connectivity index (χ2v) is 9.45. The fourth-order valence-corrected chi connectivity index (χ4v) is 5.23. The zero-order chi connectivity index (χ0) is 20.9. The molecule has 4 heterocycles. The van der Waals surface area contributed by atoms with Crippen molar-refractivity contribution in [3.05, 3.63) is 52.5 Å². The molecule has 2 aliphatic rings. The lowest BCUT2D eigenvalue weighted by molar-refractivity contribution is -0.127. The third-order valence-electron chi connectivity index (χ3n) is 6.24. The molecule has 1 N–H and O–H groups in total. The molecule has 0 saturated carbocycles. The molecular weight excluding hydrogens is 396 g/mol. The molecule has 30 heavy (non-hydrogen) atoms. The summed E-state index contributed by atoms with van der Waals surface area (Å²) in [6, 6.07) is 9.97. The maximum atomic E-state index is 13.0. The van der Waals surface area contributed by atoms with Crippen molar-refractivity contribution in [2.45, 2.75) is 38.8 Å². The number of nitrogens with one attached hydrogen (secondary N) is 1. The quantitative estimate of drug-likeness (QED) is 0.798. The maximum Gasteiger partial charge on any atom is 0.263 e. The number of likely N-dealkylation sites (tertiary alicyclic amines) is 2. The van der Waals surface area contributed by atoms with Crippen LogP contribution in [-0.4, -0.2) is 58.8 Å². The van der Waals surface area contributed by atoms with Crippen molar-refractivity contribution in [3.63, 3.8) is 0 Å². The van der Waals surface area contributed by atoms with Gasteiger partial charge in [-0.05, 0) is 48.8 Å². The number of thiophene rings is 1. The monoisotopic (exact) mass is 426 g/mol. The second kappa shape index (κ2) is 9.71. The molecule has 2 aromatic heterocycles. The first-order valence-corrected chi connectivity index (χ1v) is 11.7. The molecule has 3 unspecified atom stereocenters. The zero-order valence-corrected chi connectivity index (χ0v) is 18.3. The van der Waals surface area contributed by atoms with Gasteiger partial charge in [-0.15, -0.1) is 11.3 Å². The standard InChI is InChI=1S/C23H30N4O2S/c1-17-14-26(16-19-7-2-3-10-24-19)12-9-20(17)25-22(28)18-6-4-11-27(15-18)23(29)21-8-5-13-30-21/h2-3,5,7-8,10,13,17-18,20H,4,6,9,11-12,14-16H2,1H3,(H,25,28). The Morgan fingerprint density at radius 1 is 1.17 bits per heavy atom. The Morgan fingerprint density at radius 2 is 2.07 bits per heavy atom. The molecule has 0 bridgehead atoms. The molecule has 0 aliphatic carbocycles. The summed E-state index contributed by atoms with van der Waals surface area (Å²) in [7, 11) is 0. The molecule has 0 radical (unpaired) electrons. The van der Waals surface area contributed by atoms with E-state index in [2.05, 4.69) is 28.2 Å². The number of rotatable bonds is 5. The van der Waals surface area contributed by atoms with Crippen LogP contribution < -0.4 is 5.32 Å². The van der Waals surface area contributed by atoms with Crippen molar-refractivity contribution < 1.29 is 9.59 Å². The molecule has 3 atom stereocenters. The molecule has 7 heteroatoms. The minimum absolute atomic E-state index is 0.0543. The lowest BCUT2D eigenvalue weighted by Gasteiger charge is -2.38. The Bertz CT molecular complexity index is 842. The minimum Gasteiger partial charge on any atom is -0.353 e. The molecule has 2 saturated heterocycles. The Kier molecular flexibility index (Phi) is 6.79. The van der Waals surface area contributed by atoms with E-state index in [9.17, 15) is 9.59 Å². The Labute approximate surface area is 182 Å². The van der Waals surface area contributed by atoms with Gasteiger partial charge in [0, 0.05) is 45.0 Å². The number of carbonyl (C=O) groups excluding carboxylic acids is 2. The van der Waals surface area contributed by atoms with Gasteiger partial charge in [0.1, 0.15) is 0 Å². The van der Waals surface area contributed by atoms with Crippen LogP contribution in [0.2, 0.25) is 0 Å². The third kappa shape index (κ3) is 5.08. The number of aromatic nitrogens is 1. The van der Waals surface area contributed by atoms with E-state index < -0.39 is 0 Å². The maximum absolute atomic E-state index is 13.0. The molecule has 2 aromatic rings. The van der Waals surface area contributed by atoms with Crippen molar-refractivity contribution in [1.82, 2.24) is 20.1 Å². The number of pyridine rings is 1. The molecule has 2 fully saturated rings. The van der Waals surface area contributed by atoms with E-state index >= 15 is 0 Å². The van der Waals surface area contributed by atoms with E-state index in [1.54, 1.807) is 0 Å².